The van der Waals surface area contributed by atoms with Crippen molar-refractivity contribution in [3.8, 4) is 0 Å². The van der Waals surface area contributed by atoms with Crippen molar-refractivity contribution >= 4 is 11.6 Å². The van der Waals surface area contributed by atoms with Crippen LogP contribution in [0.4, 0.5) is 4.39 Å². The molecule has 0 bridgehead atoms. The Balaban J connectivity index is 1.94. The summed E-state index contributed by atoms with van der Waals surface area (Å²) in [5, 5.41) is 4.04. The molecule has 3 unspecified atom stereocenters. The minimum Gasteiger partial charge on any atom is -0.310 e. The average Bonchev–Trinajstić information content (AvgIpc) is 2.59. The summed E-state index contributed by atoms with van der Waals surface area (Å²) in [6.45, 7) is 5.32. The lowest BCUT2D eigenvalue weighted by molar-refractivity contribution is 0.370. The number of hydrogen-bond donors (Lipinski definition) is 1. The van der Waals surface area contributed by atoms with Crippen LogP contribution in [-0.4, -0.2) is 6.04 Å². The molecule has 1 N–H and O–H groups in total. The minimum absolute atomic E-state index is 0.276. The molecule has 1 aromatic carbocycles. The van der Waals surface area contributed by atoms with Crippen LogP contribution in [0.15, 0.2) is 18.2 Å². The van der Waals surface area contributed by atoms with Gasteiger partial charge >= 0.3 is 0 Å². The molecular weight excluding hydrogens is 237 g/mol. The van der Waals surface area contributed by atoms with Gasteiger partial charge in [0.15, 0.2) is 0 Å². The predicted molar refractivity (Wildman–Crippen MR) is 69.6 cm³/mol. The third-order valence-electron chi connectivity index (χ3n) is 4.04. The fourth-order valence-electron chi connectivity index (χ4n) is 2.56. The van der Waals surface area contributed by atoms with E-state index in [9.17, 15) is 4.39 Å². The highest BCUT2D eigenvalue weighted by atomic mass is 35.5. The van der Waals surface area contributed by atoms with Crippen molar-refractivity contribution in [2.45, 2.75) is 39.3 Å². The monoisotopic (exact) mass is 255 g/mol. The largest absolute Gasteiger partial charge is 0.310 e. The fourth-order valence-corrected chi connectivity index (χ4v) is 2.79. The fraction of sp³-hybridized carbons (Fsp3) is 0.571. The first kappa shape index (κ1) is 12.8. The predicted octanol–water partition coefficient (Wildman–Crippen LogP) is 4.00. The lowest BCUT2D eigenvalue weighted by Crippen LogP contribution is -2.31. The molecule has 1 aromatic rings. The molecule has 3 heteroatoms. The SMILES string of the molecule is CC1CCC(NCc2ccc(F)cc2Cl)C1C. The maximum Gasteiger partial charge on any atom is 0.124 e. The quantitative estimate of drug-likeness (QED) is 0.861. The second kappa shape index (κ2) is 5.36. The zero-order chi connectivity index (χ0) is 12.4. The Kier molecular flexibility index (Phi) is 4.05. The van der Waals surface area contributed by atoms with Crippen LogP contribution in [0, 0.1) is 17.7 Å². The lowest BCUT2D eigenvalue weighted by Gasteiger charge is -2.20. The van der Waals surface area contributed by atoms with Gasteiger partial charge in [0.25, 0.3) is 0 Å². The second-order valence-electron chi connectivity index (χ2n) is 5.14. The van der Waals surface area contributed by atoms with Gasteiger partial charge in [0, 0.05) is 17.6 Å². The van der Waals surface area contributed by atoms with Crippen molar-refractivity contribution < 1.29 is 4.39 Å². The lowest BCUT2D eigenvalue weighted by atomic mass is 9.98. The van der Waals surface area contributed by atoms with Gasteiger partial charge in [-0.3, -0.25) is 0 Å². The molecule has 0 aromatic heterocycles. The van der Waals surface area contributed by atoms with Crippen LogP contribution >= 0.6 is 11.6 Å². The highest BCUT2D eigenvalue weighted by Gasteiger charge is 2.29. The molecule has 1 aliphatic rings. The molecule has 0 amide bonds. The van der Waals surface area contributed by atoms with E-state index in [-0.39, 0.29) is 5.82 Å². The third kappa shape index (κ3) is 2.99. The molecule has 0 spiro atoms. The van der Waals surface area contributed by atoms with Crippen molar-refractivity contribution in [3.63, 3.8) is 0 Å². The van der Waals surface area contributed by atoms with E-state index in [2.05, 4.69) is 19.2 Å². The molecule has 0 aliphatic heterocycles. The third-order valence-corrected chi connectivity index (χ3v) is 4.39. The van der Waals surface area contributed by atoms with Gasteiger partial charge in [-0.1, -0.05) is 31.5 Å². The zero-order valence-corrected chi connectivity index (χ0v) is 11.1. The van der Waals surface area contributed by atoms with Crippen LogP contribution in [0.25, 0.3) is 0 Å². The first-order valence-electron chi connectivity index (χ1n) is 6.25. The Labute approximate surface area is 107 Å². The Hall–Kier alpha value is -0.600. The normalized spacial score (nSPS) is 28.6. The Morgan fingerprint density at radius 2 is 2.12 bits per heavy atom. The van der Waals surface area contributed by atoms with Crippen LogP contribution in [-0.2, 0) is 6.54 Å². The van der Waals surface area contributed by atoms with E-state index in [0.29, 0.717) is 17.0 Å². The molecule has 0 radical (unpaired) electrons. The molecule has 0 heterocycles. The molecular formula is C14H19ClFN. The van der Waals surface area contributed by atoms with Gasteiger partial charge in [-0.05, 0) is 42.4 Å². The number of rotatable bonds is 3. The summed E-state index contributed by atoms with van der Waals surface area (Å²) < 4.78 is 12.9. The van der Waals surface area contributed by atoms with Crippen molar-refractivity contribution in [1.29, 1.82) is 0 Å². The molecule has 1 saturated carbocycles. The molecule has 94 valence electrons. The Bertz CT molecular complexity index is 394. The van der Waals surface area contributed by atoms with Crippen LogP contribution in [0.2, 0.25) is 5.02 Å². The highest BCUT2D eigenvalue weighted by Crippen LogP contribution is 2.31. The maximum atomic E-state index is 12.9. The minimum atomic E-state index is -0.276. The first-order chi connectivity index (χ1) is 8.08. The van der Waals surface area contributed by atoms with E-state index < -0.39 is 0 Å². The molecule has 1 nitrogen and oxygen atoms in total. The number of benzene rings is 1. The van der Waals surface area contributed by atoms with Crippen molar-refractivity contribution in [2.24, 2.45) is 11.8 Å². The summed E-state index contributed by atoms with van der Waals surface area (Å²) in [6.07, 6.45) is 2.51. The van der Waals surface area contributed by atoms with Gasteiger partial charge in [0.2, 0.25) is 0 Å². The van der Waals surface area contributed by atoms with Crippen LogP contribution in [0.1, 0.15) is 32.3 Å². The summed E-state index contributed by atoms with van der Waals surface area (Å²) >= 11 is 6.00. The van der Waals surface area contributed by atoms with Crippen molar-refractivity contribution in [2.75, 3.05) is 0 Å². The van der Waals surface area contributed by atoms with Gasteiger partial charge in [-0.2, -0.15) is 0 Å². The summed E-state index contributed by atoms with van der Waals surface area (Å²) in [6, 6.07) is 5.16. The molecule has 2 rings (SSSR count). The highest BCUT2D eigenvalue weighted by molar-refractivity contribution is 6.31. The zero-order valence-electron chi connectivity index (χ0n) is 10.3. The van der Waals surface area contributed by atoms with Gasteiger partial charge in [-0.25, -0.2) is 4.39 Å². The number of hydrogen-bond acceptors (Lipinski definition) is 1. The average molecular weight is 256 g/mol. The first-order valence-corrected chi connectivity index (χ1v) is 6.63. The van der Waals surface area contributed by atoms with E-state index in [1.807, 2.05) is 0 Å². The van der Waals surface area contributed by atoms with E-state index in [1.54, 1.807) is 6.07 Å². The number of halogens is 2. The van der Waals surface area contributed by atoms with Crippen LogP contribution < -0.4 is 5.32 Å². The molecule has 3 atom stereocenters. The standard InChI is InChI=1S/C14H19ClFN/c1-9-3-6-14(10(9)2)17-8-11-4-5-12(16)7-13(11)15/h4-5,7,9-10,14,17H,3,6,8H2,1-2H3. The van der Waals surface area contributed by atoms with Gasteiger partial charge in [-0.15, -0.1) is 0 Å². The summed E-state index contributed by atoms with van der Waals surface area (Å²) in [5.41, 5.74) is 0.972. The van der Waals surface area contributed by atoms with Crippen LogP contribution in [0.3, 0.4) is 0 Å². The molecule has 0 saturated heterocycles. The van der Waals surface area contributed by atoms with Gasteiger partial charge in [0.1, 0.15) is 5.82 Å². The van der Waals surface area contributed by atoms with E-state index in [4.69, 9.17) is 11.6 Å². The summed E-state index contributed by atoms with van der Waals surface area (Å²) in [5.74, 6) is 1.21. The van der Waals surface area contributed by atoms with Crippen LogP contribution in [0.5, 0.6) is 0 Å². The maximum absolute atomic E-state index is 12.9. The summed E-state index contributed by atoms with van der Waals surface area (Å²) in [4.78, 5) is 0. The van der Waals surface area contributed by atoms with Crippen molar-refractivity contribution in [3.05, 3.63) is 34.6 Å². The molecule has 17 heavy (non-hydrogen) atoms. The topological polar surface area (TPSA) is 12.0 Å². The van der Waals surface area contributed by atoms with E-state index >= 15 is 0 Å². The van der Waals surface area contributed by atoms with E-state index in [0.717, 1.165) is 18.0 Å². The Morgan fingerprint density at radius 3 is 2.71 bits per heavy atom. The molecule has 1 aliphatic carbocycles. The van der Waals surface area contributed by atoms with Gasteiger partial charge in [0.05, 0.1) is 0 Å². The van der Waals surface area contributed by atoms with E-state index in [1.165, 1.54) is 25.0 Å². The smallest absolute Gasteiger partial charge is 0.124 e. The summed E-state index contributed by atoms with van der Waals surface area (Å²) in [7, 11) is 0. The second-order valence-corrected chi connectivity index (χ2v) is 5.54. The number of nitrogens with one attached hydrogen (secondary N) is 1. The van der Waals surface area contributed by atoms with Gasteiger partial charge < -0.3 is 5.32 Å². The Morgan fingerprint density at radius 1 is 1.35 bits per heavy atom. The van der Waals surface area contributed by atoms with Crippen molar-refractivity contribution in [1.82, 2.24) is 5.32 Å². The molecule has 1 fully saturated rings.